The van der Waals surface area contributed by atoms with Crippen LogP contribution in [0.2, 0.25) is 0 Å². The number of benzene rings is 1. The summed E-state index contributed by atoms with van der Waals surface area (Å²) in [6.45, 7) is 9.76. The first-order chi connectivity index (χ1) is 10.6. The highest BCUT2D eigenvalue weighted by molar-refractivity contribution is 5.62. The Bertz CT molecular complexity index is 520. The van der Waals surface area contributed by atoms with Crippen molar-refractivity contribution in [2.45, 2.75) is 51.5 Å². The van der Waals surface area contributed by atoms with Gasteiger partial charge in [0, 0.05) is 24.2 Å². The first-order valence-corrected chi connectivity index (χ1v) is 8.15. The van der Waals surface area contributed by atoms with E-state index < -0.39 is 5.92 Å². The van der Waals surface area contributed by atoms with E-state index in [0.29, 0.717) is 13.0 Å². The smallest absolute Gasteiger partial charge is 0.245 e. The molecule has 0 saturated carbocycles. The maximum Gasteiger partial charge on any atom is 0.245 e. The molecule has 130 valence electrons. The average molecular weight is 324 g/mol. The van der Waals surface area contributed by atoms with E-state index in [2.05, 4.69) is 22.9 Å². The molecule has 4 heteroatoms. The zero-order valence-electron chi connectivity index (χ0n) is 15.0. The summed E-state index contributed by atoms with van der Waals surface area (Å²) in [4.78, 5) is 2.05. The third-order valence-electron chi connectivity index (χ3n) is 4.63. The Hall–Kier alpha value is -1.42. The molecule has 1 aromatic carbocycles. The Kier molecular flexibility index (Phi) is 6.75. The van der Waals surface area contributed by atoms with Gasteiger partial charge in [-0.1, -0.05) is 37.3 Å². The molecule has 0 fully saturated rings. The molecule has 2 nitrogen and oxygen atoms in total. The van der Waals surface area contributed by atoms with Crippen molar-refractivity contribution in [2.75, 3.05) is 20.6 Å². The van der Waals surface area contributed by atoms with Crippen molar-refractivity contribution in [2.24, 2.45) is 0 Å². The molecular weight excluding hydrogens is 294 g/mol. The van der Waals surface area contributed by atoms with Gasteiger partial charge in [0.25, 0.3) is 0 Å². The van der Waals surface area contributed by atoms with Crippen LogP contribution in [-0.2, 0) is 0 Å². The van der Waals surface area contributed by atoms with Gasteiger partial charge >= 0.3 is 0 Å². The number of likely N-dealkylation sites (N-methyl/N-ethyl adjacent to an activating group) is 1. The van der Waals surface area contributed by atoms with Crippen LogP contribution in [0.4, 0.5) is 8.78 Å². The van der Waals surface area contributed by atoms with Gasteiger partial charge < -0.3 is 10.2 Å². The lowest BCUT2D eigenvalue weighted by atomic mass is 9.87. The van der Waals surface area contributed by atoms with E-state index in [1.54, 1.807) is 0 Å². The molecule has 0 bridgehead atoms. The lowest BCUT2D eigenvalue weighted by Gasteiger charge is -2.40. The standard InChI is InChI=1S/C19H30F2N2/c1-7-19(23(5)6,12-11-18(4,20)21)14-22-16(3)17-10-8-9-15(2)13-17/h8-10,13,22H,3,7,11-12,14H2,1-2,4-6H3. The quantitative estimate of drug-likeness (QED) is 0.708. The highest BCUT2D eigenvalue weighted by Crippen LogP contribution is 2.29. The monoisotopic (exact) mass is 324 g/mol. The second kappa shape index (κ2) is 7.91. The summed E-state index contributed by atoms with van der Waals surface area (Å²) in [5.41, 5.74) is 2.73. The van der Waals surface area contributed by atoms with Gasteiger partial charge in [-0.15, -0.1) is 0 Å². The highest BCUT2D eigenvalue weighted by Gasteiger charge is 2.34. The summed E-state index contributed by atoms with van der Waals surface area (Å²) in [7, 11) is 3.91. The molecule has 23 heavy (non-hydrogen) atoms. The largest absolute Gasteiger partial charge is 0.383 e. The van der Waals surface area contributed by atoms with E-state index in [0.717, 1.165) is 24.6 Å². The topological polar surface area (TPSA) is 15.3 Å². The predicted octanol–water partition coefficient (Wildman–Crippen LogP) is 4.70. The van der Waals surface area contributed by atoms with Gasteiger partial charge in [-0.25, -0.2) is 8.78 Å². The van der Waals surface area contributed by atoms with E-state index in [1.807, 2.05) is 46.1 Å². The zero-order chi connectivity index (χ0) is 17.7. The maximum atomic E-state index is 13.3. The Labute approximate surface area is 139 Å². The number of rotatable bonds is 9. The Morgan fingerprint density at radius 1 is 1.26 bits per heavy atom. The molecule has 0 saturated heterocycles. The third-order valence-corrected chi connectivity index (χ3v) is 4.63. The molecule has 1 unspecified atom stereocenters. The van der Waals surface area contributed by atoms with Gasteiger partial charge in [0.05, 0.1) is 0 Å². The summed E-state index contributed by atoms with van der Waals surface area (Å²) >= 11 is 0. The van der Waals surface area contributed by atoms with Crippen LogP contribution in [0.1, 0.15) is 44.2 Å². The Morgan fingerprint density at radius 3 is 2.39 bits per heavy atom. The van der Waals surface area contributed by atoms with Gasteiger partial charge in [0.15, 0.2) is 0 Å². The maximum absolute atomic E-state index is 13.3. The van der Waals surface area contributed by atoms with Crippen molar-refractivity contribution in [3.05, 3.63) is 42.0 Å². The van der Waals surface area contributed by atoms with Gasteiger partial charge in [-0.3, -0.25) is 0 Å². The van der Waals surface area contributed by atoms with Gasteiger partial charge in [-0.05, 0) is 52.4 Å². The number of alkyl halides is 2. The van der Waals surface area contributed by atoms with Crippen LogP contribution >= 0.6 is 0 Å². The van der Waals surface area contributed by atoms with E-state index in [-0.39, 0.29) is 12.0 Å². The molecule has 0 spiro atoms. The molecule has 0 radical (unpaired) electrons. The van der Waals surface area contributed by atoms with Crippen LogP contribution in [-0.4, -0.2) is 37.0 Å². The fraction of sp³-hybridized carbons (Fsp3) is 0.579. The molecule has 0 aliphatic heterocycles. The van der Waals surface area contributed by atoms with Crippen molar-refractivity contribution in [1.82, 2.24) is 10.2 Å². The number of aryl methyl sites for hydroxylation is 1. The average Bonchev–Trinajstić information content (AvgIpc) is 2.46. The Morgan fingerprint density at radius 2 is 1.91 bits per heavy atom. The van der Waals surface area contributed by atoms with Crippen LogP contribution in [0.25, 0.3) is 5.70 Å². The third kappa shape index (κ3) is 5.94. The molecule has 1 aromatic rings. The fourth-order valence-corrected chi connectivity index (χ4v) is 2.75. The van der Waals surface area contributed by atoms with Crippen molar-refractivity contribution in [1.29, 1.82) is 0 Å². The molecule has 0 aliphatic rings. The number of nitrogens with one attached hydrogen (secondary N) is 1. The van der Waals surface area contributed by atoms with E-state index in [1.165, 1.54) is 5.56 Å². The minimum atomic E-state index is -2.63. The summed E-state index contributed by atoms with van der Waals surface area (Å²) in [6, 6.07) is 8.11. The van der Waals surface area contributed by atoms with E-state index in [9.17, 15) is 8.78 Å². The molecule has 1 rings (SSSR count). The molecule has 0 amide bonds. The van der Waals surface area contributed by atoms with Crippen LogP contribution in [0.15, 0.2) is 30.8 Å². The zero-order valence-corrected chi connectivity index (χ0v) is 15.0. The van der Waals surface area contributed by atoms with Crippen LogP contribution in [0, 0.1) is 6.92 Å². The second-order valence-electron chi connectivity index (χ2n) is 6.74. The van der Waals surface area contributed by atoms with Gasteiger partial charge in [0.1, 0.15) is 0 Å². The van der Waals surface area contributed by atoms with E-state index in [4.69, 9.17) is 0 Å². The summed E-state index contributed by atoms with van der Waals surface area (Å²) < 4.78 is 26.6. The lowest BCUT2D eigenvalue weighted by Crippen LogP contribution is -2.51. The summed E-state index contributed by atoms with van der Waals surface area (Å²) in [6.07, 6.45) is 1.12. The minimum absolute atomic E-state index is 0.113. The Balaban J connectivity index is 2.79. The van der Waals surface area contributed by atoms with Crippen LogP contribution < -0.4 is 5.32 Å². The number of halogens is 2. The SMILES string of the molecule is C=C(NCC(CC)(CCC(C)(F)F)N(C)C)c1cccc(C)c1. The summed E-state index contributed by atoms with van der Waals surface area (Å²) in [5, 5.41) is 3.35. The van der Waals surface area contributed by atoms with Crippen molar-refractivity contribution in [3.63, 3.8) is 0 Å². The minimum Gasteiger partial charge on any atom is -0.383 e. The second-order valence-corrected chi connectivity index (χ2v) is 6.74. The molecule has 0 aromatic heterocycles. The molecule has 1 N–H and O–H groups in total. The van der Waals surface area contributed by atoms with Crippen LogP contribution in [0.5, 0.6) is 0 Å². The molecular formula is C19H30F2N2. The molecule has 0 aliphatic carbocycles. The van der Waals surface area contributed by atoms with Gasteiger partial charge in [-0.2, -0.15) is 0 Å². The lowest BCUT2D eigenvalue weighted by molar-refractivity contribution is -0.00723. The summed E-state index contributed by atoms with van der Waals surface area (Å²) in [5.74, 6) is -2.63. The fourth-order valence-electron chi connectivity index (χ4n) is 2.75. The van der Waals surface area contributed by atoms with Crippen molar-refractivity contribution in [3.8, 4) is 0 Å². The number of hydrogen-bond acceptors (Lipinski definition) is 2. The normalized spacial score (nSPS) is 14.6. The number of hydrogen-bond donors (Lipinski definition) is 1. The number of nitrogens with zero attached hydrogens (tertiary/aromatic N) is 1. The predicted molar refractivity (Wildman–Crippen MR) is 94.8 cm³/mol. The first-order valence-electron chi connectivity index (χ1n) is 8.15. The highest BCUT2D eigenvalue weighted by atomic mass is 19.3. The molecule has 1 atom stereocenters. The van der Waals surface area contributed by atoms with E-state index >= 15 is 0 Å². The van der Waals surface area contributed by atoms with Gasteiger partial charge in [0.2, 0.25) is 5.92 Å². The van der Waals surface area contributed by atoms with Crippen molar-refractivity contribution >= 4 is 5.70 Å². The molecule has 0 heterocycles. The van der Waals surface area contributed by atoms with Crippen molar-refractivity contribution < 1.29 is 8.78 Å². The first kappa shape index (κ1) is 19.6. The van der Waals surface area contributed by atoms with Crippen LogP contribution in [0.3, 0.4) is 0 Å².